The summed E-state index contributed by atoms with van der Waals surface area (Å²) >= 11 is 3.57. The average molecular weight is 331 g/mol. The van der Waals surface area contributed by atoms with Crippen LogP contribution in [-0.4, -0.2) is 5.91 Å². The first-order chi connectivity index (χ1) is 9.50. The van der Waals surface area contributed by atoms with E-state index in [2.05, 4.69) is 45.0 Å². The highest BCUT2D eigenvalue weighted by Crippen LogP contribution is 2.32. The van der Waals surface area contributed by atoms with Crippen LogP contribution in [0.4, 0.5) is 0 Å². The topological polar surface area (TPSA) is 41.1 Å². The maximum Gasteiger partial charge on any atom is 0.249 e. The molecule has 2 aromatic rings. The Hall–Kier alpha value is -1.81. The fourth-order valence-corrected chi connectivity index (χ4v) is 2.85. The molecule has 0 bridgehead atoms. The Labute approximate surface area is 126 Å². The van der Waals surface area contributed by atoms with Crippen LogP contribution in [0.5, 0.6) is 0 Å². The molecule has 3 nitrogen and oxygen atoms in total. The van der Waals surface area contributed by atoms with Crippen molar-refractivity contribution in [1.82, 2.24) is 10.9 Å². The number of halogens is 1. The standard InChI is InChI=1S/C16H15BrN2O/c1-16(2)14(18-19-15(16)20)9-10-5-3-7-12-11(10)6-4-8-13(12)17/h3-9,18H,1-2H3,(H,19,20)/b14-9-. The number of nitrogens with one attached hydrogen (secondary N) is 2. The van der Waals surface area contributed by atoms with Crippen molar-refractivity contribution in [3.63, 3.8) is 0 Å². The van der Waals surface area contributed by atoms with Gasteiger partial charge in [-0.25, -0.2) is 0 Å². The fourth-order valence-electron chi connectivity index (χ4n) is 2.35. The highest BCUT2D eigenvalue weighted by Gasteiger charge is 2.37. The molecular formula is C16H15BrN2O. The first-order valence-electron chi connectivity index (χ1n) is 6.46. The Bertz CT molecular complexity index is 734. The van der Waals surface area contributed by atoms with Gasteiger partial charge in [0.05, 0.1) is 5.41 Å². The van der Waals surface area contributed by atoms with Crippen molar-refractivity contribution in [2.45, 2.75) is 13.8 Å². The van der Waals surface area contributed by atoms with Gasteiger partial charge in [0, 0.05) is 10.2 Å². The van der Waals surface area contributed by atoms with Crippen LogP contribution in [0.15, 0.2) is 46.6 Å². The van der Waals surface area contributed by atoms with E-state index in [4.69, 9.17) is 0 Å². The number of carbonyl (C=O) groups excluding carboxylic acids is 1. The molecule has 3 rings (SSSR count). The lowest BCUT2D eigenvalue weighted by Crippen LogP contribution is -2.28. The van der Waals surface area contributed by atoms with Crippen LogP contribution in [0.2, 0.25) is 0 Å². The van der Waals surface area contributed by atoms with Gasteiger partial charge in [0.1, 0.15) is 0 Å². The number of carbonyl (C=O) groups is 1. The predicted octanol–water partition coefficient (Wildman–Crippen LogP) is 3.60. The Morgan fingerprint density at radius 2 is 1.75 bits per heavy atom. The number of hydrazine groups is 1. The SMILES string of the molecule is CC1(C)C(=O)NN/C1=C\c1cccc2c(Br)cccc12. The Morgan fingerprint density at radius 1 is 1.05 bits per heavy atom. The number of rotatable bonds is 1. The van der Waals surface area contributed by atoms with Crippen molar-refractivity contribution in [2.75, 3.05) is 0 Å². The number of benzene rings is 2. The normalized spacial score (nSPS) is 19.1. The summed E-state index contributed by atoms with van der Waals surface area (Å²) in [6, 6.07) is 12.3. The molecule has 0 aromatic heterocycles. The zero-order valence-corrected chi connectivity index (χ0v) is 12.9. The molecule has 2 N–H and O–H groups in total. The van der Waals surface area contributed by atoms with Gasteiger partial charge in [-0.15, -0.1) is 0 Å². The Morgan fingerprint density at radius 3 is 2.45 bits per heavy atom. The zero-order chi connectivity index (χ0) is 14.3. The van der Waals surface area contributed by atoms with Crippen LogP contribution < -0.4 is 10.9 Å². The number of fused-ring (bicyclic) bond motifs is 1. The molecule has 1 aliphatic heterocycles. The third-order valence-electron chi connectivity index (χ3n) is 3.75. The number of hydrogen-bond donors (Lipinski definition) is 2. The molecule has 0 spiro atoms. The summed E-state index contributed by atoms with van der Waals surface area (Å²) in [7, 11) is 0. The quantitative estimate of drug-likeness (QED) is 0.838. The Balaban J connectivity index is 2.17. The van der Waals surface area contributed by atoms with Gasteiger partial charge in [-0.3, -0.25) is 10.2 Å². The van der Waals surface area contributed by atoms with Gasteiger partial charge < -0.3 is 5.43 Å². The van der Waals surface area contributed by atoms with Crippen molar-refractivity contribution >= 4 is 38.7 Å². The van der Waals surface area contributed by atoms with Crippen molar-refractivity contribution < 1.29 is 4.79 Å². The minimum Gasteiger partial charge on any atom is -0.302 e. The first-order valence-corrected chi connectivity index (χ1v) is 7.25. The first kappa shape index (κ1) is 13.2. The van der Waals surface area contributed by atoms with Gasteiger partial charge >= 0.3 is 0 Å². The van der Waals surface area contributed by atoms with Crippen LogP contribution in [0.1, 0.15) is 19.4 Å². The number of amides is 1. The molecular weight excluding hydrogens is 316 g/mol. The minimum absolute atomic E-state index is 0.00910. The van der Waals surface area contributed by atoms with E-state index in [1.807, 2.05) is 38.1 Å². The third kappa shape index (κ3) is 2.00. The van der Waals surface area contributed by atoms with E-state index in [9.17, 15) is 4.79 Å². The van der Waals surface area contributed by atoms with Crippen LogP contribution in [0.3, 0.4) is 0 Å². The molecule has 4 heteroatoms. The predicted molar refractivity (Wildman–Crippen MR) is 84.7 cm³/mol. The lowest BCUT2D eigenvalue weighted by Gasteiger charge is -2.15. The van der Waals surface area contributed by atoms with Gasteiger partial charge in [0.2, 0.25) is 5.91 Å². The zero-order valence-electron chi connectivity index (χ0n) is 11.3. The van der Waals surface area contributed by atoms with Crippen molar-refractivity contribution in [3.05, 3.63) is 52.1 Å². The summed E-state index contributed by atoms with van der Waals surface area (Å²) in [4.78, 5) is 11.8. The van der Waals surface area contributed by atoms with Crippen LogP contribution in [0, 0.1) is 5.41 Å². The molecule has 102 valence electrons. The lowest BCUT2D eigenvalue weighted by atomic mass is 9.88. The molecule has 1 heterocycles. The van der Waals surface area contributed by atoms with Crippen LogP contribution >= 0.6 is 15.9 Å². The van der Waals surface area contributed by atoms with Gasteiger partial charge in [0.25, 0.3) is 0 Å². The molecule has 20 heavy (non-hydrogen) atoms. The molecule has 1 saturated heterocycles. The lowest BCUT2D eigenvalue weighted by molar-refractivity contribution is -0.125. The molecule has 1 fully saturated rings. The van der Waals surface area contributed by atoms with Crippen LogP contribution in [-0.2, 0) is 4.79 Å². The third-order valence-corrected chi connectivity index (χ3v) is 4.45. The molecule has 0 aliphatic carbocycles. The van der Waals surface area contributed by atoms with E-state index in [0.29, 0.717) is 0 Å². The van der Waals surface area contributed by atoms with Crippen molar-refractivity contribution in [3.8, 4) is 0 Å². The molecule has 0 unspecified atom stereocenters. The second-order valence-electron chi connectivity index (χ2n) is 5.44. The second-order valence-corrected chi connectivity index (χ2v) is 6.30. The summed E-state index contributed by atoms with van der Waals surface area (Å²) in [5.41, 5.74) is 7.09. The van der Waals surface area contributed by atoms with E-state index in [-0.39, 0.29) is 5.91 Å². The fraction of sp³-hybridized carbons (Fsp3) is 0.188. The van der Waals surface area contributed by atoms with E-state index in [1.165, 1.54) is 0 Å². The molecule has 1 amide bonds. The van der Waals surface area contributed by atoms with Crippen molar-refractivity contribution in [2.24, 2.45) is 5.41 Å². The minimum atomic E-state index is -0.534. The summed E-state index contributed by atoms with van der Waals surface area (Å²) in [5, 5.41) is 2.32. The summed E-state index contributed by atoms with van der Waals surface area (Å²) < 4.78 is 1.07. The highest BCUT2D eigenvalue weighted by atomic mass is 79.9. The molecule has 0 atom stereocenters. The van der Waals surface area contributed by atoms with E-state index in [0.717, 1.165) is 26.5 Å². The largest absolute Gasteiger partial charge is 0.302 e. The maximum absolute atomic E-state index is 11.8. The average Bonchev–Trinajstić information content (AvgIpc) is 2.67. The van der Waals surface area contributed by atoms with Crippen molar-refractivity contribution in [1.29, 1.82) is 0 Å². The Kier molecular flexibility index (Phi) is 3.05. The highest BCUT2D eigenvalue weighted by molar-refractivity contribution is 9.10. The molecule has 0 saturated carbocycles. The molecule has 1 aliphatic rings. The van der Waals surface area contributed by atoms with E-state index in [1.54, 1.807) is 0 Å². The van der Waals surface area contributed by atoms with Gasteiger partial charge in [-0.2, -0.15) is 0 Å². The monoisotopic (exact) mass is 330 g/mol. The molecule has 2 aromatic carbocycles. The molecule has 0 radical (unpaired) electrons. The summed E-state index contributed by atoms with van der Waals surface area (Å²) in [5.74, 6) is -0.00910. The van der Waals surface area contributed by atoms with Gasteiger partial charge in [0.15, 0.2) is 0 Å². The van der Waals surface area contributed by atoms with Gasteiger partial charge in [-0.1, -0.05) is 46.3 Å². The maximum atomic E-state index is 11.8. The van der Waals surface area contributed by atoms with E-state index >= 15 is 0 Å². The van der Waals surface area contributed by atoms with Gasteiger partial charge in [-0.05, 0) is 42.3 Å². The second kappa shape index (κ2) is 4.63. The summed E-state index contributed by atoms with van der Waals surface area (Å²) in [6.45, 7) is 3.82. The van der Waals surface area contributed by atoms with E-state index < -0.39 is 5.41 Å². The number of hydrogen-bond acceptors (Lipinski definition) is 2. The smallest absolute Gasteiger partial charge is 0.249 e. The summed E-state index contributed by atoms with van der Waals surface area (Å²) in [6.07, 6.45) is 2.03. The van der Waals surface area contributed by atoms with Crippen LogP contribution in [0.25, 0.3) is 16.8 Å².